The van der Waals surface area contributed by atoms with Gasteiger partial charge in [-0.25, -0.2) is 0 Å². The number of hydrogen-bond donors (Lipinski definition) is 2. The fraction of sp³-hybridized carbons (Fsp3) is 0.316. The number of nitrogens with one attached hydrogen (secondary N) is 2. The lowest BCUT2D eigenvalue weighted by Crippen LogP contribution is -2.24. The van der Waals surface area contributed by atoms with E-state index in [1.54, 1.807) is 0 Å². The molecule has 0 radical (unpaired) electrons. The number of carbonyl (C=O) groups excluding carboxylic acids is 1. The highest BCUT2D eigenvalue weighted by atomic mass is 16.1. The lowest BCUT2D eigenvalue weighted by Gasteiger charge is -2.23. The van der Waals surface area contributed by atoms with Crippen molar-refractivity contribution < 1.29 is 4.79 Å². The average molecular weight is 296 g/mol. The molecule has 22 heavy (non-hydrogen) atoms. The van der Waals surface area contributed by atoms with E-state index in [2.05, 4.69) is 37.5 Å². The molecular formula is C19H24N2O. The molecule has 2 aromatic rings. The molecule has 0 spiro atoms. The fourth-order valence-electron chi connectivity index (χ4n) is 2.29. The Kier molecular flexibility index (Phi) is 4.86. The topological polar surface area (TPSA) is 41.1 Å². The summed E-state index contributed by atoms with van der Waals surface area (Å²) in [5.41, 5.74) is 4.16. The van der Waals surface area contributed by atoms with Gasteiger partial charge in [0, 0.05) is 11.4 Å². The zero-order valence-electron chi connectivity index (χ0n) is 13.7. The van der Waals surface area contributed by atoms with Crippen molar-refractivity contribution in [3.8, 4) is 0 Å². The normalized spacial score (nSPS) is 11.1. The number of para-hydroxylation sites is 1. The van der Waals surface area contributed by atoms with Gasteiger partial charge in [0.15, 0.2) is 0 Å². The van der Waals surface area contributed by atoms with Crippen LogP contribution in [0.5, 0.6) is 0 Å². The van der Waals surface area contributed by atoms with Crippen molar-refractivity contribution in [2.75, 3.05) is 17.2 Å². The van der Waals surface area contributed by atoms with Gasteiger partial charge in [-0.1, -0.05) is 56.7 Å². The third kappa shape index (κ3) is 4.35. The summed E-state index contributed by atoms with van der Waals surface area (Å²) in [6.45, 7) is 8.72. The summed E-state index contributed by atoms with van der Waals surface area (Å²) in [5.74, 6) is -0.0442. The molecule has 3 nitrogen and oxygen atoms in total. The van der Waals surface area contributed by atoms with Crippen LogP contribution in [0.4, 0.5) is 11.4 Å². The largest absolute Gasteiger partial charge is 0.376 e. The lowest BCUT2D eigenvalue weighted by molar-refractivity contribution is -0.114. The van der Waals surface area contributed by atoms with Gasteiger partial charge in [-0.3, -0.25) is 4.79 Å². The molecule has 116 valence electrons. The third-order valence-electron chi connectivity index (χ3n) is 3.51. The Labute approximate surface area is 132 Å². The molecule has 0 aliphatic rings. The number of hydrogen-bond acceptors (Lipinski definition) is 2. The summed E-state index contributed by atoms with van der Waals surface area (Å²) in [6, 6.07) is 16.0. The minimum Gasteiger partial charge on any atom is -0.376 e. The molecule has 0 saturated heterocycles. The van der Waals surface area contributed by atoms with Gasteiger partial charge in [-0.2, -0.15) is 0 Å². The molecule has 3 heteroatoms. The molecule has 2 rings (SSSR count). The summed E-state index contributed by atoms with van der Waals surface area (Å²) >= 11 is 0. The molecule has 0 atom stereocenters. The van der Waals surface area contributed by atoms with Gasteiger partial charge in [-0.05, 0) is 36.1 Å². The monoisotopic (exact) mass is 296 g/mol. The van der Waals surface area contributed by atoms with Gasteiger partial charge >= 0.3 is 0 Å². The van der Waals surface area contributed by atoms with Gasteiger partial charge in [-0.15, -0.1) is 0 Å². The Balaban J connectivity index is 1.99. The molecule has 2 N–H and O–H groups in total. The van der Waals surface area contributed by atoms with Crippen LogP contribution in [0.2, 0.25) is 0 Å². The number of amides is 1. The van der Waals surface area contributed by atoms with Crippen molar-refractivity contribution >= 4 is 17.3 Å². The van der Waals surface area contributed by atoms with Crippen molar-refractivity contribution in [1.82, 2.24) is 0 Å². The second-order valence-corrected chi connectivity index (χ2v) is 6.56. The number of aryl methyl sites for hydroxylation is 1. The lowest BCUT2D eigenvalue weighted by atomic mass is 9.86. The predicted octanol–water partition coefficient (Wildman–Crippen LogP) is 4.34. The number of carbonyl (C=O) groups is 1. The molecule has 0 aliphatic heterocycles. The van der Waals surface area contributed by atoms with Crippen LogP contribution in [-0.2, 0) is 10.2 Å². The molecule has 0 aliphatic carbocycles. The molecule has 0 bridgehead atoms. The summed E-state index contributed by atoms with van der Waals surface area (Å²) in [7, 11) is 0. The maximum Gasteiger partial charge on any atom is 0.243 e. The first-order chi connectivity index (χ1) is 10.4. The SMILES string of the molecule is Cc1ccc(NCC(=O)Nc2ccccc2C(C)(C)C)cc1. The highest BCUT2D eigenvalue weighted by molar-refractivity contribution is 5.94. The average Bonchev–Trinajstić information content (AvgIpc) is 2.46. The summed E-state index contributed by atoms with van der Waals surface area (Å²) < 4.78 is 0. The van der Waals surface area contributed by atoms with E-state index < -0.39 is 0 Å². The van der Waals surface area contributed by atoms with Gasteiger partial charge in [0.05, 0.1) is 6.54 Å². The van der Waals surface area contributed by atoms with Crippen molar-refractivity contribution in [2.45, 2.75) is 33.1 Å². The number of anilines is 2. The number of benzene rings is 2. The molecular weight excluding hydrogens is 272 g/mol. The summed E-state index contributed by atoms with van der Waals surface area (Å²) in [4.78, 5) is 12.2. The smallest absolute Gasteiger partial charge is 0.243 e. The maximum absolute atomic E-state index is 12.2. The van der Waals surface area contributed by atoms with Crippen molar-refractivity contribution in [1.29, 1.82) is 0 Å². The Morgan fingerprint density at radius 3 is 2.27 bits per heavy atom. The Morgan fingerprint density at radius 2 is 1.64 bits per heavy atom. The van der Waals surface area contributed by atoms with Crippen LogP contribution >= 0.6 is 0 Å². The Bertz CT molecular complexity index is 639. The quantitative estimate of drug-likeness (QED) is 0.881. The van der Waals surface area contributed by atoms with Crippen LogP contribution in [-0.4, -0.2) is 12.5 Å². The van der Waals surface area contributed by atoms with E-state index in [0.717, 1.165) is 16.9 Å². The van der Waals surface area contributed by atoms with Gasteiger partial charge in [0.2, 0.25) is 5.91 Å². The van der Waals surface area contributed by atoms with E-state index in [4.69, 9.17) is 0 Å². The standard InChI is InChI=1S/C19H24N2O/c1-14-9-11-15(12-10-14)20-13-18(22)21-17-8-6-5-7-16(17)19(2,3)4/h5-12,20H,13H2,1-4H3,(H,21,22). The van der Waals surface area contributed by atoms with Crippen LogP contribution in [0.1, 0.15) is 31.9 Å². The van der Waals surface area contributed by atoms with Gasteiger partial charge in [0.25, 0.3) is 0 Å². The fourth-order valence-corrected chi connectivity index (χ4v) is 2.29. The first-order valence-electron chi connectivity index (χ1n) is 7.56. The minimum absolute atomic E-state index is 0.00570. The van der Waals surface area contributed by atoms with E-state index >= 15 is 0 Å². The first kappa shape index (κ1) is 16.1. The van der Waals surface area contributed by atoms with Gasteiger partial charge < -0.3 is 10.6 Å². The maximum atomic E-state index is 12.2. The van der Waals surface area contributed by atoms with Crippen LogP contribution in [0.3, 0.4) is 0 Å². The van der Waals surface area contributed by atoms with E-state index in [0.29, 0.717) is 0 Å². The minimum atomic E-state index is -0.0442. The molecule has 0 saturated carbocycles. The van der Waals surface area contributed by atoms with E-state index in [1.807, 2.05) is 49.4 Å². The molecule has 0 heterocycles. The predicted molar refractivity (Wildman–Crippen MR) is 93.4 cm³/mol. The van der Waals surface area contributed by atoms with Crippen LogP contribution in [0.15, 0.2) is 48.5 Å². The van der Waals surface area contributed by atoms with E-state index in [1.165, 1.54) is 5.56 Å². The zero-order valence-corrected chi connectivity index (χ0v) is 13.7. The highest BCUT2D eigenvalue weighted by Crippen LogP contribution is 2.29. The van der Waals surface area contributed by atoms with Crippen molar-refractivity contribution in [3.05, 3.63) is 59.7 Å². The molecule has 0 aromatic heterocycles. The Hall–Kier alpha value is -2.29. The summed E-state index contributed by atoms with van der Waals surface area (Å²) in [6.07, 6.45) is 0. The number of rotatable bonds is 4. The third-order valence-corrected chi connectivity index (χ3v) is 3.51. The van der Waals surface area contributed by atoms with Crippen molar-refractivity contribution in [2.24, 2.45) is 0 Å². The second kappa shape index (κ2) is 6.65. The zero-order chi connectivity index (χ0) is 16.2. The van der Waals surface area contributed by atoms with Crippen molar-refractivity contribution in [3.63, 3.8) is 0 Å². The molecule has 0 unspecified atom stereocenters. The van der Waals surface area contributed by atoms with E-state index in [9.17, 15) is 4.79 Å². The molecule has 1 amide bonds. The van der Waals surface area contributed by atoms with E-state index in [-0.39, 0.29) is 17.9 Å². The van der Waals surface area contributed by atoms with Crippen LogP contribution in [0, 0.1) is 6.92 Å². The molecule has 0 fully saturated rings. The van der Waals surface area contributed by atoms with Crippen LogP contribution in [0.25, 0.3) is 0 Å². The van der Waals surface area contributed by atoms with Gasteiger partial charge in [0.1, 0.15) is 0 Å². The molecule has 2 aromatic carbocycles. The first-order valence-corrected chi connectivity index (χ1v) is 7.56. The second-order valence-electron chi connectivity index (χ2n) is 6.56. The van der Waals surface area contributed by atoms with Crippen LogP contribution < -0.4 is 10.6 Å². The summed E-state index contributed by atoms with van der Waals surface area (Å²) in [5, 5.41) is 6.14. The Morgan fingerprint density at radius 1 is 1.00 bits per heavy atom. The highest BCUT2D eigenvalue weighted by Gasteiger charge is 2.18.